The highest BCUT2D eigenvalue weighted by Gasteiger charge is 2.31. The van der Waals surface area contributed by atoms with Gasteiger partial charge in [0.25, 0.3) is 0 Å². The van der Waals surface area contributed by atoms with Crippen LogP contribution < -0.4 is 9.47 Å². The number of aryl methyl sites for hydroxylation is 2. The predicted molar refractivity (Wildman–Crippen MR) is 73.5 cm³/mol. The van der Waals surface area contributed by atoms with Crippen molar-refractivity contribution in [1.82, 2.24) is 0 Å². The molecule has 4 nitrogen and oxygen atoms in total. The van der Waals surface area contributed by atoms with Gasteiger partial charge >= 0.3 is 0 Å². The maximum absolute atomic E-state index is 10.3. The van der Waals surface area contributed by atoms with Gasteiger partial charge in [-0.3, -0.25) is 0 Å². The molecule has 2 aromatic carbocycles. The highest BCUT2D eigenvalue weighted by atomic mass is 16.5. The molecule has 0 radical (unpaired) electrons. The predicted octanol–water partition coefficient (Wildman–Crippen LogP) is 2.76. The maximum Gasteiger partial charge on any atom is 0.201 e. The summed E-state index contributed by atoms with van der Waals surface area (Å²) in [6.07, 6.45) is 1.72. The molecule has 2 aromatic rings. The van der Waals surface area contributed by atoms with Gasteiger partial charge in [-0.1, -0.05) is 0 Å². The zero-order valence-electron chi connectivity index (χ0n) is 11.1. The van der Waals surface area contributed by atoms with E-state index in [2.05, 4.69) is 0 Å². The summed E-state index contributed by atoms with van der Waals surface area (Å²) in [5, 5.41) is 20.0. The number of methoxy groups -OCH3 is 1. The summed E-state index contributed by atoms with van der Waals surface area (Å²) >= 11 is 0. The second kappa shape index (κ2) is 3.82. The van der Waals surface area contributed by atoms with E-state index in [0.29, 0.717) is 18.1 Å². The van der Waals surface area contributed by atoms with Gasteiger partial charge in [0.2, 0.25) is 5.75 Å². The van der Waals surface area contributed by atoms with Gasteiger partial charge in [-0.2, -0.15) is 0 Å². The summed E-state index contributed by atoms with van der Waals surface area (Å²) in [5.74, 6) is 1.27. The monoisotopic (exact) mass is 270 g/mol. The minimum Gasteiger partial charge on any atom is -0.508 e. The van der Waals surface area contributed by atoms with Crippen molar-refractivity contribution in [3.05, 3.63) is 34.9 Å². The van der Waals surface area contributed by atoms with Gasteiger partial charge in [-0.15, -0.1) is 0 Å². The van der Waals surface area contributed by atoms with Crippen LogP contribution in [0.1, 0.15) is 16.7 Å². The lowest BCUT2D eigenvalue weighted by atomic mass is 9.81. The van der Waals surface area contributed by atoms with E-state index < -0.39 is 0 Å². The molecule has 0 aromatic heterocycles. The maximum atomic E-state index is 10.3. The van der Waals surface area contributed by atoms with Crippen LogP contribution in [-0.4, -0.2) is 17.3 Å². The van der Waals surface area contributed by atoms with Crippen molar-refractivity contribution in [2.75, 3.05) is 7.11 Å². The number of hydrogen-bond donors (Lipinski definition) is 2. The van der Waals surface area contributed by atoms with Crippen LogP contribution in [0, 0.1) is 0 Å². The summed E-state index contributed by atoms with van der Waals surface area (Å²) in [4.78, 5) is 0. The van der Waals surface area contributed by atoms with Crippen molar-refractivity contribution < 1.29 is 19.7 Å². The van der Waals surface area contributed by atoms with Crippen molar-refractivity contribution in [2.24, 2.45) is 0 Å². The third-order valence-electron chi connectivity index (χ3n) is 4.09. The Morgan fingerprint density at radius 1 is 1.00 bits per heavy atom. The van der Waals surface area contributed by atoms with Gasteiger partial charge in [-0.05, 0) is 47.7 Å². The van der Waals surface area contributed by atoms with E-state index in [1.54, 1.807) is 12.1 Å². The van der Waals surface area contributed by atoms with E-state index in [9.17, 15) is 10.2 Å². The first-order valence-corrected chi connectivity index (χ1v) is 6.60. The lowest BCUT2D eigenvalue weighted by Gasteiger charge is -2.30. The molecule has 0 amide bonds. The third kappa shape index (κ3) is 1.36. The smallest absolute Gasteiger partial charge is 0.201 e. The lowest BCUT2D eigenvalue weighted by Crippen LogP contribution is -2.14. The molecule has 1 heterocycles. The molecule has 0 spiro atoms. The average molecular weight is 270 g/mol. The molecule has 0 fully saturated rings. The van der Waals surface area contributed by atoms with Gasteiger partial charge in [0.05, 0.1) is 7.11 Å². The van der Waals surface area contributed by atoms with Crippen LogP contribution >= 0.6 is 0 Å². The third-order valence-corrected chi connectivity index (χ3v) is 4.09. The zero-order valence-corrected chi connectivity index (χ0v) is 11.1. The number of aromatic hydroxyl groups is 2. The second-order valence-corrected chi connectivity index (χ2v) is 5.22. The molecule has 1 aliphatic carbocycles. The molecule has 0 saturated carbocycles. The summed E-state index contributed by atoms with van der Waals surface area (Å²) in [5.41, 5.74) is 5.25. The number of benzene rings is 2. The highest BCUT2D eigenvalue weighted by molar-refractivity contribution is 5.86. The normalized spacial score (nSPS) is 14.4. The van der Waals surface area contributed by atoms with Crippen LogP contribution in [0.2, 0.25) is 0 Å². The number of phenols is 2. The van der Waals surface area contributed by atoms with E-state index in [-0.39, 0.29) is 11.5 Å². The summed E-state index contributed by atoms with van der Waals surface area (Å²) in [6.45, 7) is 0.351. The van der Waals surface area contributed by atoms with Crippen molar-refractivity contribution in [1.29, 1.82) is 0 Å². The summed E-state index contributed by atoms with van der Waals surface area (Å²) in [6, 6.07) is 5.42. The fourth-order valence-corrected chi connectivity index (χ4v) is 3.24. The SMILES string of the molecule is COc1cc2c3c(c1O)OCc1cc(O)cc(c1-3)CC2. The number of phenolic OH excluding ortho intramolecular Hbond substituents is 2. The average Bonchev–Trinajstić information content (AvgIpc) is 2.45. The van der Waals surface area contributed by atoms with Crippen molar-refractivity contribution in [2.45, 2.75) is 19.4 Å². The quantitative estimate of drug-likeness (QED) is 0.836. The molecule has 2 N–H and O–H groups in total. The first kappa shape index (κ1) is 11.5. The Kier molecular flexibility index (Phi) is 2.19. The number of hydrogen-bond acceptors (Lipinski definition) is 4. The molecular formula is C16H14O4. The molecule has 4 heteroatoms. The standard InChI is InChI=1S/C16H14O4/c1-19-12-6-9-3-2-8-4-11(17)5-10-7-20-16(15(12)18)14(9)13(8)10/h4-6,17-18H,2-3,7H2,1H3. The Bertz CT molecular complexity index is 717. The van der Waals surface area contributed by atoms with Crippen molar-refractivity contribution in [3.63, 3.8) is 0 Å². The Morgan fingerprint density at radius 3 is 2.45 bits per heavy atom. The molecule has 20 heavy (non-hydrogen) atoms. The van der Waals surface area contributed by atoms with Crippen LogP contribution in [0.15, 0.2) is 18.2 Å². The fraction of sp³-hybridized carbons (Fsp3) is 0.250. The first-order valence-electron chi connectivity index (χ1n) is 6.60. The van der Waals surface area contributed by atoms with Crippen LogP contribution in [-0.2, 0) is 19.4 Å². The highest BCUT2D eigenvalue weighted by Crippen LogP contribution is 2.53. The molecule has 2 aliphatic rings. The molecule has 0 bridgehead atoms. The van der Waals surface area contributed by atoms with Gasteiger partial charge in [0.1, 0.15) is 12.4 Å². The van der Waals surface area contributed by atoms with Gasteiger partial charge in [0.15, 0.2) is 11.5 Å². The topological polar surface area (TPSA) is 58.9 Å². The molecule has 0 unspecified atom stereocenters. The van der Waals surface area contributed by atoms with Crippen molar-refractivity contribution >= 4 is 0 Å². The summed E-state index contributed by atoms with van der Waals surface area (Å²) < 4.78 is 10.9. The van der Waals surface area contributed by atoms with Gasteiger partial charge in [0, 0.05) is 11.1 Å². The minimum absolute atomic E-state index is 0.0535. The van der Waals surface area contributed by atoms with E-state index in [1.165, 1.54) is 7.11 Å². The summed E-state index contributed by atoms with van der Waals surface area (Å²) in [7, 11) is 1.54. The largest absolute Gasteiger partial charge is 0.508 e. The Labute approximate surface area is 116 Å². The zero-order chi connectivity index (χ0) is 13.9. The van der Waals surface area contributed by atoms with Crippen molar-refractivity contribution in [3.8, 4) is 34.1 Å². The van der Waals surface area contributed by atoms with E-state index in [1.807, 2.05) is 6.07 Å². The molecule has 102 valence electrons. The Balaban J connectivity index is 2.08. The van der Waals surface area contributed by atoms with E-state index in [0.717, 1.165) is 40.7 Å². The Hall–Kier alpha value is -2.36. The van der Waals surface area contributed by atoms with Crippen LogP contribution in [0.3, 0.4) is 0 Å². The minimum atomic E-state index is 0.0535. The fourth-order valence-electron chi connectivity index (χ4n) is 3.24. The molecular weight excluding hydrogens is 256 g/mol. The number of ether oxygens (including phenoxy) is 2. The van der Waals surface area contributed by atoms with Gasteiger partial charge < -0.3 is 19.7 Å². The van der Waals surface area contributed by atoms with Crippen LogP contribution in [0.4, 0.5) is 0 Å². The second-order valence-electron chi connectivity index (χ2n) is 5.22. The Morgan fingerprint density at radius 2 is 1.70 bits per heavy atom. The van der Waals surface area contributed by atoms with E-state index >= 15 is 0 Å². The lowest BCUT2D eigenvalue weighted by molar-refractivity contribution is 0.276. The van der Waals surface area contributed by atoms with Gasteiger partial charge in [-0.25, -0.2) is 0 Å². The molecule has 0 atom stereocenters. The molecule has 0 saturated heterocycles. The van der Waals surface area contributed by atoms with Crippen LogP contribution in [0.25, 0.3) is 11.1 Å². The first-order chi connectivity index (χ1) is 9.69. The molecule has 1 aliphatic heterocycles. The van der Waals surface area contributed by atoms with E-state index in [4.69, 9.17) is 9.47 Å². The molecule has 4 rings (SSSR count). The van der Waals surface area contributed by atoms with Crippen LogP contribution in [0.5, 0.6) is 23.0 Å². The number of rotatable bonds is 1.